The van der Waals surface area contributed by atoms with E-state index < -0.39 is 0 Å². The van der Waals surface area contributed by atoms with Crippen LogP contribution in [0.3, 0.4) is 0 Å². The number of halogens is 1. The molecule has 0 unspecified atom stereocenters. The minimum Gasteiger partial charge on any atom is -0.368 e. The summed E-state index contributed by atoms with van der Waals surface area (Å²) in [5.41, 5.74) is 5.20. The van der Waals surface area contributed by atoms with E-state index in [0.29, 0.717) is 46.5 Å². The molecule has 1 spiro atoms. The fourth-order valence-corrected chi connectivity index (χ4v) is 5.64. The molecule has 1 amide bonds. The van der Waals surface area contributed by atoms with Crippen LogP contribution in [0.4, 0.5) is 5.69 Å². The van der Waals surface area contributed by atoms with E-state index >= 15 is 0 Å². The maximum atomic E-state index is 13.0. The number of hydrogen-bond acceptors (Lipinski definition) is 6. The molecule has 178 valence electrons. The van der Waals surface area contributed by atoms with E-state index in [0.717, 1.165) is 24.3 Å². The Balaban J connectivity index is 1.05. The first-order chi connectivity index (χ1) is 17.0. The Hall–Kier alpha value is -3.52. The molecule has 3 aromatic heterocycles. The topological polar surface area (TPSA) is 88.3 Å². The molecule has 2 fully saturated rings. The number of amides is 1. The van der Waals surface area contributed by atoms with Crippen LogP contribution in [-0.4, -0.2) is 43.3 Å². The predicted molar refractivity (Wildman–Crippen MR) is 134 cm³/mol. The fraction of sp³-hybridized carbons (Fsp3) is 0.346. The van der Waals surface area contributed by atoms with Crippen molar-refractivity contribution in [3.63, 3.8) is 0 Å². The van der Waals surface area contributed by atoms with Gasteiger partial charge in [-0.25, -0.2) is 19.9 Å². The van der Waals surface area contributed by atoms with Crippen LogP contribution in [0.25, 0.3) is 5.78 Å². The van der Waals surface area contributed by atoms with Crippen LogP contribution in [0.2, 0.25) is 5.02 Å². The molecule has 1 N–H and O–H groups in total. The molecule has 8 nitrogen and oxygen atoms in total. The second-order valence-electron chi connectivity index (χ2n) is 9.69. The van der Waals surface area contributed by atoms with Crippen molar-refractivity contribution in [1.29, 1.82) is 0 Å². The molecule has 6 rings (SSSR count). The lowest BCUT2D eigenvalue weighted by atomic mass is 9.56. The van der Waals surface area contributed by atoms with Crippen molar-refractivity contribution >= 4 is 29.0 Å². The lowest BCUT2D eigenvalue weighted by Crippen LogP contribution is -2.61. The third kappa shape index (κ3) is 4.01. The molecular formula is C26H26ClN7O. The number of nitrogens with zero attached hydrogens (tertiary/aromatic N) is 6. The van der Waals surface area contributed by atoms with E-state index in [2.05, 4.69) is 54.4 Å². The number of aryl methyl sites for hydroxylation is 1. The maximum absolute atomic E-state index is 13.0. The lowest BCUT2D eigenvalue weighted by Gasteiger charge is -2.60. The first-order valence-corrected chi connectivity index (χ1v) is 12.3. The number of imidazole rings is 1. The van der Waals surface area contributed by atoms with Crippen molar-refractivity contribution in [2.75, 3.05) is 18.0 Å². The van der Waals surface area contributed by atoms with E-state index in [-0.39, 0.29) is 5.91 Å². The van der Waals surface area contributed by atoms with Gasteiger partial charge in [-0.1, -0.05) is 42.8 Å². The Kier molecular flexibility index (Phi) is 5.40. The first-order valence-electron chi connectivity index (χ1n) is 11.9. The van der Waals surface area contributed by atoms with Crippen LogP contribution >= 0.6 is 11.6 Å². The highest BCUT2D eigenvalue weighted by Gasteiger charge is 2.52. The molecule has 35 heavy (non-hydrogen) atoms. The first kappa shape index (κ1) is 22.0. The summed E-state index contributed by atoms with van der Waals surface area (Å²) in [6, 6.07) is 8.64. The Bertz CT molecular complexity index is 1370. The van der Waals surface area contributed by atoms with Gasteiger partial charge in [-0.2, -0.15) is 0 Å². The molecule has 1 aliphatic carbocycles. The largest absolute Gasteiger partial charge is 0.368 e. The van der Waals surface area contributed by atoms with Gasteiger partial charge in [0.25, 0.3) is 5.91 Å². The molecule has 2 aliphatic rings. The van der Waals surface area contributed by atoms with E-state index in [9.17, 15) is 4.79 Å². The SMILES string of the molecule is CCc1nc2ncc(Cl)cn2c1C(=O)NCc1ccc(C2CC3(C2)CN(c2cncnc2)C3)cc1. The van der Waals surface area contributed by atoms with Gasteiger partial charge in [0.1, 0.15) is 12.0 Å². The molecule has 1 saturated carbocycles. The van der Waals surface area contributed by atoms with Gasteiger partial charge < -0.3 is 10.2 Å². The average molecular weight is 488 g/mol. The van der Waals surface area contributed by atoms with E-state index in [1.54, 1.807) is 16.9 Å². The Morgan fingerprint density at radius 1 is 1.14 bits per heavy atom. The number of anilines is 1. The van der Waals surface area contributed by atoms with Gasteiger partial charge in [-0.3, -0.25) is 9.20 Å². The fourth-order valence-electron chi connectivity index (χ4n) is 5.50. The van der Waals surface area contributed by atoms with Crippen molar-refractivity contribution in [3.05, 3.63) is 82.9 Å². The number of carbonyl (C=O) groups is 1. The molecule has 1 aliphatic heterocycles. The van der Waals surface area contributed by atoms with Gasteiger partial charge in [0, 0.05) is 31.2 Å². The minimum atomic E-state index is -0.179. The van der Waals surface area contributed by atoms with Gasteiger partial charge in [0.15, 0.2) is 0 Å². The zero-order valence-electron chi connectivity index (χ0n) is 19.5. The predicted octanol–water partition coefficient (Wildman–Crippen LogP) is 4.05. The Morgan fingerprint density at radius 3 is 2.60 bits per heavy atom. The maximum Gasteiger partial charge on any atom is 0.270 e. The number of fused-ring (bicyclic) bond motifs is 1. The van der Waals surface area contributed by atoms with Crippen molar-refractivity contribution in [3.8, 4) is 0 Å². The quantitative estimate of drug-likeness (QED) is 0.441. The summed E-state index contributed by atoms with van der Waals surface area (Å²) in [7, 11) is 0. The smallest absolute Gasteiger partial charge is 0.270 e. The highest BCUT2D eigenvalue weighted by atomic mass is 35.5. The number of rotatable bonds is 6. The highest BCUT2D eigenvalue weighted by Crippen LogP contribution is 2.56. The van der Waals surface area contributed by atoms with Crippen molar-refractivity contribution < 1.29 is 4.79 Å². The summed E-state index contributed by atoms with van der Waals surface area (Å²) >= 11 is 6.09. The van der Waals surface area contributed by atoms with Gasteiger partial charge in [0.2, 0.25) is 5.78 Å². The van der Waals surface area contributed by atoms with Crippen molar-refractivity contribution in [2.45, 2.75) is 38.6 Å². The second-order valence-corrected chi connectivity index (χ2v) is 10.1. The molecule has 0 radical (unpaired) electrons. The molecule has 9 heteroatoms. The normalized spacial score (nSPS) is 16.8. The number of hydrogen-bond donors (Lipinski definition) is 1. The van der Waals surface area contributed by atoms with Crippen LogP contribution in [0.15, 0.2) is 55.4 Å². The van der Waals surface area contributed by atoms with Gasteiger partial charge >= 0.3 is 0 Å². The third-order valence-electron chi connectivity index (χ3n) is 7.30. The summed E-state index contributed by atoms with van der Waals surface area (Å²) < 4.78 is 1.67. The second kappa shape index (κ2) is 8.61. The molecule has 0 atom stereocenters. The summed E-state index contributed by atoms with van der Waals surface area (Å²) in [5, 5.41) is 3.49. The van der Waals surface area contributed by atoms with Crippen LogP contribution in [0.1, 0.15) is 53.0 Å². The Morgan fingerprint density at radius 2 is 1.89 bits per heavy atom. The van der Waals surface area contributed by atoms with Gasteiger partial charge in [-0.05, 0) is 36.3 Å². The lowest BCUT2D eigenvalue weighted by molar-refractivity contribution is 0.0633. The van der Waals surface area contributed by atoms with Crippen molar-refractivity contribution in [2.24, 2.45) is 5.41 Å². The zero-order chi connectivity index (χ0) is 24.0. The number of benzene rings is 1. The standard InChI is InChI=1S/C26H26ClN7O/c1-2-22-23(34-13-20(27)10-31-25(34)32-22)24(35)30-9-17-3-5-18(6-4-17)19-7-26(8-19)14-33(15-26)21-11-28-16-29-12-21/h3-6,10-13,16,19H,2,7-9,14-15H2,1H3,(H,30,35). The van der Waals surface area contributed by atoms with Crippen molar-refractivity contribution in [1.82, 2.24) is 29.7 Å². The number of nitrogens with one attached hydrogen (secondary N) is 1. The summed E-state index contributed by atoms with van der Waals surface area (Å²) in [5.74, 6) is 0.905. The molecule has 0 bridgehead atoms. The molecule has 1 aromatic carbocycles. The van der Waals surface area contributed by atoms with E-state index in [1.165, 1.54) is 24.6 Å². The van der Waals surface area contributed by atoms with Crippen LogP contribution in [-0.2, 0) is 13.0 Å². The monoisotopic (exact) mass is 487 g/mol. The molecule has 1 saturated heterocycles. The molecular weight excluding hydrogens is 462 g/mol. The Labute approximate surface area is 208 Å². The third-order valence-corrected chi connectivity index (χ3v) is 7.49. The van der Waals surface area contributed by atoms with E-state index in [4.69, 9.17) is 11.6 Å². The summed E-state index contributed by atoms with van der Waals surface area (Å²) in [6.45, 7) is 4.60. The highest BCUT2D eigenvalue weighted by molar-refractivity contribution is 6.30. The zero-order valence-corrected chi connectivity index (χ0v) is 20.2. The van der Waals surface area contributed by atoms with Crippen LogP contribution < -0.4 is 10.2 Å². The van der Waals surface area contributed by atoms with Gasteiger partial charge in [-0.15, -0.1) is 0 Å². The molecule has 4 heterocycles. The number of carbonyl (C=O) groups excluding carboxylic acids is 1. The summed E-state index contributed by atoms with van der Waals surface area (Å²) in [6.07, 6.45) is 11.6. The van der Waals surface area contributed by atoms with Crippen LogP contribution in [0.5, 0.6) is 0 Å². The minimum absolute atomic E-state index is 0.179. The van der Waals surface area contributed by atoms with Gasteiger partial charge in [0.05, 0.1) is 35.0 Å². The number of aromatic nitrogens is 5. The van der Waals surface area contributed by atoms with E-state index in [1.807, 2.05) is 19.3 Å². The van der Waals surface area contributed by atoms with Crippen LogP contribution in [0, 0.1) is 5.41 Å². The molecule has 4 aromatic rings. The average Bonchev–Trinajstić information content (AvgIpc) is 3.20. The summed E-state index contributed by atoms with van der Waals surface area (Å²) in [4.78, 5) is 32.3.